The molecule has 0 saturated heterocycles. The van der Waals surface area contributed by atoms with E-state index in [1.165, 1.54) is 30.3 Å². The first kappa shape index (κ1) is 17.1. The van der Waals surface area contributed by atoms with Crippen molar-refractivity contribution in [3.8, 4) is 0 Å². The van der Waals surface area contributed by atoms with E-state index in [0.29, 0.717) is 12.0 Å². The highest BCUT2D eigenvalue weighted by atomic mass is 32.2. The van der Waals surface area contributed by atoms with Crippen molar-refractivity contribution < 1.29 is 17.5 Å². The summed E-state index contributed by atoms with van der Waals surface area (Å²) in [5.74, 6) is 0. The molecule has 6 nitrogen and oxygen atoms in total. The normalized spacial score (nSPS) is 12.8. The van der Waals surface area contributed by atoms with Gasteiger partial charge in [-0.25, -0.2) is 0 Å². The predicted molar refractivity (Wildman–Crippen MR) is 85.6 cm³/mol. The van der Waals surface area contributed by atoms with Crippen LogP contribution in [0.3, 0.4) is 0 Å². The molecule has 0 aliphatic carbocycles. The number of rotatable bonds is 6. The molecular weight excluding hydrogens is 318 g/mol. The molecule has 0 aromatic heterocycles. The maximum absolute atomic E-state index is 12.3. The molecule has 2 aromatic carbocycles. The largest absolute Gasteiger partial charge is 0.297 e. The van der Waals surface area contributed by atoms with Crippen LogP contribution in [0.15, 0.2) is 53.4 Å². The van der Waals surface area contributed by atoms with Gasteiger partial charge in [0.05, 0.1) is 9.82 Å². The van der Waals surface area contributed by atoms with Gasteiger partial charge in [-0.15, -0.1) is 0 Å². The number of hydrogen-bond acceptors (Lipinski definition) is 5. The van der Waals surface area contributed by atoms with Gasteiger partial charge in [0.2, 0.25) is 0 Å². The molecular formula is C16H17NO5S. The van der Waals surface area contributed by atoms with E-state index < -0.39 is 21.1 Å². The Morgan fingerprint density at radius 1 is 1.17 bits per heavy atom. The minimum Gasteiger partial charge on any atom is -0.258 e. The Hall–Kier alpha value is -2.25. The highest BCUT2D eigenvalue weighted by Crippen LogP contribution is 2.28. The van der Waals surface area contributed by atoms with Crippen molar-refractivity contribution in [1.29, 1.82) is 0 Å². The van der Waals surface area contributed by atoms with Crippen LogP contribution in [0.1, 0.15) is 30.6 Å². The van der Waals surface area contributed by atoms with Gasteiger partial charge in [0.1, 0.15) is 6.10 Å². The van der Waals surface area contributed by atoms with Crippen molar-refractivity contribution in [2.75, 3.05) is 0 Å². The van der Waals surface area contributed by atoms with Crippen LogP contribution in [0.5, 0.6) is 0 Å². The number of nitro benzene ring substituents is 1. The highest BCUT2D eigenvalue weighted by molar-refractivity contribution is 7.86. The number of nitro groups is 1. The molecule has 1 atom stereocenters. The van der Waals surface area contributed by atoms with Gasteiger partial charge in [0, 0.05) is 12.1 Å². The van der Waals surface area contributed by atoms with E-state index in [0.717, 1.165) is 5.56 Å². The lowest BCUT2D eigenvalue weighted by Gasteiger charge is -2.16. The third-order valence-electron chi connectivity index (χ3n) is 3.38. The van der Waals surface area contributed by atoms with Crippen molar-refractivity contribution in [2.24, 2.45) is 0 Å². The first-order valence-corrected chi connectivity index (χ1v) is 8.48. The topological polar surface area (TPSA) is 86.5 Å². The summed E-state index contributed by atoms with van der Waals surface area (Å²) in [6, 6.07) is 12.1. The number of nitrogens with zero attached hydrogens (tertiary/aromatic N) is 1. The number of benzene rings is 2. The van der Waals surface area contributed by atoms with E-state index in [1.807, 2.05) is 6.92 Å². The molecule has 0 aliphatic rings. The Morgan fingerprint density at radius 3 is 2.39 bits per heavy atom. The lowest BCUT2D eigenvalue weighted by Crippen LogP contribution is -2.12. The molecule has 0 fully saturated rings. The van der Waals surface area contributed by atoms with Gasteiger partial charge < -0.3 is 0 Å². The maximum Gasteiger partial charge on any atom is 0.297 e. The standard InChI is InChI=1S/C16H17NO5S/c1-3-16(13-5-4-6-14(11-13)17(18)19)22-23(20,21)15-9-7-12(2)8-10-15/h4-11,16H,3H2,1-2H3. The Morgan fingerprint density at radius 2 is 1.83 bits per heavy atom. The highest BCUT2D eigenvalue weighted by Gasteiger charge is 2.23. The number of aryl methyl sites for hydroxylation is 1. The van der Waals surface area contributed by atoms with E-state index in [2.05, 4.69) is 0 Å². The first-order chi connectivity index (χ1) is 10.8. The zero-order valence-corrected chi connectivity index (χ0v) is 13.6. The van der Waals surface area contributed by atoms with E-state index in [4.69, 9.17) is 4.18 Å². The number of non-ortho nitro benzene ring substituents is 1. The van der Waals surface area contributed by atoms with Gasteiger partial charge in [-0.1, -0.05) is 36.8 Å². The van der Waals surface area contributed by atoms with Crippen LogP contribution in [0.2, 0.25) is 0 Å². The molecule has 0 amide bonds. The third-order valence-corrected chi connectivity index (χ3v) is 4.71. The molecule has 0 N–H and O–H groups in total. The molecule has 23 heavy (non-hydrogen) atoms. The molecule has 2 aromatic rings. The predicted octanol–water partition coefficient (Wildman–Crippen LogP) is 3.76. The van der Waals surface area contributed by atoms with Crippen molar-refractivity contribution in [2.45, 2.75) is 31.3 Å². The summed E-state index contributed by atoms with van der Waals surface area (Å²) in [5.41, 5.74) is 1.30. The molecule has 7 heteroatoms. The molecule has 122 valence electrons. The van der Waals surface area contributed by atoms with Crippen molar-refractivity contribution in [3.05, 3.63) is 69.8 Å². The van der Waals surface area contributed by atoms with Gasteiger partial charge in [0.15, 0.2) is 0 Å². The lowest BCUT2D eigenvalue weighted by atomic mass is 10.1. The zero-order valence-electron chi connectivity index (χ0n) is 12.8. The van der Waals surface area contributed by atoms with Crippen LogP contribution in [0, 0.1) is 17.0 Å². The molecule has 0 saturated carbocycles. The van der Waals surface area contributed by atoms with Crippen LogP contribution in [-0.4, -0.2) is 13.3 Å². The van der Waals surface area contributed by atoms with Crippen LogP contribution < -0.4 is 0 Å². The summed E-state index contributed by atoms with van der Waals surface area (Å²) in [4.78, 5) is 10.4. The first-order valence-electron chi connectivity index (χ1n) is 7.08. The Kier molecular flexibility index (Phi) is 5.12. The van der Waals surface area contributed by atoms with Gasteiger partial charge >= 0.3 is 0 Å². The third kappa shape index (κ3) is 4.14. The SMILES string of the molecule is CCC(OS(=O)(=O)c1ccc(C)cc1)c1cccc([N+](=O)[O-])c1. The molecule has 0 radical (unpaired) electrons. The average molecular weight is 335 g/mol. The van der Waals surface area contributed by atoms with Crippen molar-refractivity contribution in [3.63, 3.8) is 0 Å². The minimum atomic E-state index is -3.94. The lowest BCUT2D eigenvalue weighted by molar-refractivity contribution is -0.385. The summed E-state index contributed by atoms with van der Waals surface area (Å²) >= 11 is 0. The molecule has 0 bridgehead atoms. The van der Waals surface area contributed by atoms with E-state index >= 15 is 0 Å². The van der Waals surface area contributed by atoms with Crippen LogP contribution >= 0.6 is 0 Å². The molecule has 1 unspecified atom stereocenters. The van der Waals surface area contributed by atoms with Crippen LogP contribution in [-0.2, 0) is 14.3 Å². The molecule has 0 aliphatic heterocycles. The maximum atomic E-state index is 12.3. The van der Waals surface area contributed by atoms with Crippen molar-refractivity contribution >= 4 is 15.8 Å². The van der Waals surface area contributed by atoms with Gasteiger partial charge in [-0.2, -0.15) is 8.42 Å². The summed E-state index contributed by atoms with van der Waals surface area (Å²) in [5, 5.41) is 10.8. The fourth-order valence-corrected chi connectivity index (χ4v) is 3.24. The number of hydrogen-bond donors (Lipinski definition) is 0. The summed E-state index contributed by atoms with van der Waals surface area (Å²) < 4.78 is 30.0. The van der Waals surface area contributed by atoms with Gasteiger partial charge in [-0.05, 0) is 31.0 Å². The Labute approximate surface area is 135 Å². The summed E-state index contributed by atoms with van der Waals surface area (Å²) in [7, 11) is -3.94. The van der Waals surface area contributed by atoms with Crippen LogP contribution in [0.4, 0.5) is 5.69 Å². The smallest absolute Gasteiger partial charge is 0.258 e. The Balaban J connectivity index is 2.30. The summed E-state index contributed by atoms with van der Waals surface area (Å²) in [6.07, 6.45) is -0.409. The quantitative estimate of drug-likeness (QED) is 0.456. The van der Waals surface area contributed by atoms with Crippen molar-refractivity contribution in [1.82, 2.24) is 0 Å². The van der Waals surface area contributed by atoms with Gasteiger partial charge in [0.25, 0.3) is 15.8 Å². The second-order valence-electron chi connectivity index (χ2n) is 5.11. The second kappa shape index (κ2) is 6.89. The monoisotopic (exact) mass is 335 g/mol. The fraction of sp³-hybridized carbons (Fsp3) is 0.250. The zero-order chi connectivity index (χ0) is 17.0. The molecule has 2 rings (SSSR count). The Bertz CT molecular complexity index is 799. The molecule has 0 spiro atoms. The molecule has 0 heterocycles. The van der Waals surface area contributed by atoms with E-state index in [-0.39, 0.29) is 10.6 Å². The summed E-state index contributed by atoms with van der Waals surface area (Å²) in [6.45, 7) is 3.61. The minimum absolute atomic E-state index is 0.0620. The fourth-order valence-electron chi connectivity index (χ4n) is 2.11. The van der Waals surface area contributed by atoms with Gasteiger partial charge in [-0.3, -0.25) is 14.3 Å². The second-order valence-corrected chi connectivity index (χ2v) is 6.68. The van der Waals surface area contributed by atoms with Crippen LogP contribution in [0.25, 0.3) is 0 Å². The van der Waals surface area contributed by atoms with E-state index in [9.17, 15) is 18.5 Å². The van der Waals surface area contributed by atoms with E-state index in [1.54, 1.807) is 25.1 Å². The average Bonchev–Trinajstić information content (AvgIpc) is 2.53.